The molecule has 0 atom stereocenters. The Bertz CT molecular complexity index is 665. The second-order valence-electron chi connectivity index (χ2n) is 6.05. The van der Waals surface area contributed by atoms with Gasteiger partial charge in [-0.2, -0.15) is 5.10 Å². The van der Waals surface area contributed by atoms with Gasteiger partial charge in [0.25, 0.3) is 5.91 Å². The molecule has 2 aromatic rings. The van der Waals surface area contributed by atoms with Gasteiger partial charge < -0.3 is 4.90 Å². The van der Waals surface area contributed by atoms with Gasteiger partial charge in [0, 0.05) is 24.7 Å². The molecular formula is C17H24N4O. The predicted molar refractivity (Wildman–Crippen MR) is 87.6 cm³/mol. The van der Waals surface area contributed by atoms with Crippen LogP contribution >= 0.6 is 0 Å². The zero-order chi connectivity index (χ0) is 16.4. The number of aromatic nitrogens is 3. The lowest BCUT2D eigenvalue weighted by Crippen LogP contribution is -2.42. The van der Waals surface area contributed by atoms with Crippen LogP contribution in [0.1, 0.15) is 43.9 Å². The van der Waals surface area contributed by atoms with Crippen molar-refractivity contribution in [3.05, 3.63) is 35.7 Å². The Hall–Kier alpha value is -2.17. The first-order valence-electron chi connectivity index (χ1n) is 7.62. The topological polar surface area (TPSA) is 51.0 Å². The van der Waals surface area contributed by atoms with Crippen LogP contribution in [0.25, 0.3) is 11.4 Å². The normalized spacial score (nSPS) is 11.3. The van der Waals surface area contributed by atoms with E-state index in [4.69, 9.17) is 0 Å². The maximum absolute atomic E-state index is 13.0. The highest BCUT2D eigenvalue weighted by Gasteiger charge is 2.25. The summed E-state index contributed by atoms with van der Waals surface area (Å²) in [6, 6.07) is 7.88. The lowest BCUT2D eigenvalue weighted by molar-refractivity contribution is 0.0644. The van der Waals surface area contributed by atoms with E-state index in [1.807, 2.05) is 70.8 Å². The summed E-state index contributed by atoms with van der Waals surface area (Å²) in [6.07, 6.45) is 0. The van der Waals surface area contributed by atoms with Crippen molar-refractivity contribution in [1.29, 1.82) is 0 Å². The molecule has 22 heavy (non-hydrogen) atoms. The van der Waals surface area contributed by atoms with Crippen LogP contribution in [-0.2, 0) is 7.05 Å². The van der Waals surface area contributed by atoms with E-state index in [9.17, 15) is 4.79 Å². The Labute approximate surface area is 132 Å². The highest BCUT2D eigenvalue weighted by Crippen LogP contribution is 2.24. The zero-order valence-corrected chi connectivity index (χ0v) is 14.2. The summed E-state index contributed by atoms with van der Waals surface area (Å²) in [5.74, 6) is 1.44. The number of benzene rings is 1. The number of hydrogen-bond donors (Lipinski definition) is 0. The Morgan fingerprint density at radius 3 is 2.23 bits per heavy atom. The summed E-state index contributed by atoms with van der Waals surface area (Å²) in [7, 11) is 1.85. The molecule has 1 amide bonds. The van der Waals surface area contributed by atoms with Crippen molar-refractivity contribution in [3.63, 3.8) is 0 Å². The Morgan fingerprint density at radius 2 is 1.73 bits per heavy atom. The summed E-state index contributed by atoms with van der Waals surface area (Å²) in [5.41, 5.74) is 1.49. The Morgan fingerprint density at radius 1 is 1.14 bits per heavy atom. The van der Waals surface area contributed by atoms with Gasteiger partial charge in [0.15, 0.2) is 5.82 Å². The van der Waals surface area contributed by atoms with Crippen molar-refractivity contribution >= 4 is 5.91 Å². The summed E-state index contributed by atoms with van der Waals surface area (Å²) >= 11 is 0. The number of hydrogen-bond acceptors (Lipinski definition) is 3. The molecule has 0 N–H and O–H groups in total. The largest absolute Gasteiger partial charge is 0.334 e. The number of nitrogens with zero attached hydrogens (tertiary/aromatic N) is 4. The molecule has 0 aliphatic heterocycles. The number of rotatable bonds is 4. The molecule has 0 aliphatic carbocycles. The van der Waals surface area contributed by atoms with Gasteiger partial charge in [0.1, 0.15) is 5.82 Å². The second kappa shape index (κ2) is 6.30. The molecule has 0 fully saturated rings. The molecule has 1 heterocycles. The molecule has 5 heteroatoms. The first kappa shape index (κ1) is 16.2. The third-order valence-electron chi connectivity index (χ3n) is 3.61. The lowest BCUT2D eigenvalue weighted by atomic mass is 10.0. The maximum atomic E-state index is 13.0. The van der Waals surface area contributed by atoms with Gasteiger partial charge in [-0.05, 0) is 40.7 Å². The number of carbonyl (C=O) groups excluding carboxylic acids is 1. The molecule has 118 valence electrons. The third kappa shape index (κ3) is 3.03. The van der Waals surface area contributed by atoms with Crippen LogP contribution in [0.2, 0.25) is 0 Å². The number of amides is 1. The summed E-state index contributed by atoms with van der Waals surface area (Å²) in [5, 5.41) is 4.28. The average Bonchev–Trinajstić information content (AvgIpc) is 2.76. The number of carbonyl (C=O) groups is 1. The van der Waals surface area contributed by atoms with Crippen LogP contribution in [0.5, 0.6) is 0 Å². The van der Waals surface area contributed by atoms with E-state index in [1.54, 1.807) is 4.68 Å². The summed E-state index contributed by atoms with van der Waals surface area (Å²) < 4.78 is 1.72. The molecule has 1 aromatic carbocycles. The Kier molecular flexibility index (Phi) is 4.64. The van der Waals surface area contributed by atoms with Crippen LogP contribution in [0.4, 0.5) is 0 Å². The molecule has 2 rings (SSSR count). The molecule has 0 unspecified atom stereocenters. The molecule has 0 radical (unpaired) electrons. The van der Waals surface area contributed by atoms with Crippen molar-refractivity contribution in [2.24, 2.45) is 7.05 Å². The fraction of sp³-hybridized carbons (Fsp3) is 0.471. The van der Waals surface area contributed by atoms with Crippen molar-refractivity contribution in [2.75, 3.05) is 0 Å². The minimum absolute atomic E-state index is 0.0289. The summed E-state index contributed by atoms with van der Waals surface area (Å²) in [4.78, 5) is 19.4. The van der Waals surface area contributed by atoms with E-state index in [1.165, 1.54) is 0 Å². The molecule has 0 saturated heterocycles. The molecular weight excluding hydrogens is 276 g/mol. The van der Waals surface area contributed by atoms with Gasteiger partial charge in [0.2, 0.25) is 0 Å². The van der Waals surface area contributed by atoms with Gasteiger partial charge in [-0.1, -0.05) is 18.2 Å². The van der Waals surface area contributed by atoms with E-state index in [0.717, 1.165) is 5.56 Å². The quantitative estimate of drug-likeness (QED) is 0.872. The lowest BCUT2D eigenvalue weighted by Gasteiger charge is -2.31. The second-order valence-corrected chi connectivity index (χ2v) is 6.05. The molecule has 0 bridgehead atoms. The molecule has 5 nitrogen and oxygen atoms in total. The first-order valence-corrected chi connectivity index (χ1v) is 7.62. The van der Waals surface area contributed by atoms with E-state index in [2.05, 4.69) is 10.1 Å². The van der Waals surface area contributed by atoms with E-state index >= 15 is 0 Å². The standard InChI is InChI=1S/C17H24N4O/c1-11(2)21(12(3)4)17(22)15-10-8-7-9-14(15)16-18-13(5)19-20(16)6/h7-12H,1-6H3. The van der Waals surface area contributed by atoms with Gasteiger partial charge >= 0.3 is 0 Å². The van der Waals surface area contributed by atoms with Crippen LogP contribution in [0.15, 0.2) is 24.3 Å². The maximum Gasteiger partial charge on any atom is 0.255 e. The molecule has 0 aliphatic rings. The van der Waals surface area contributed by atoms with Gasteiger partial charge in [0.05, 0.1) is 5.56 Å². The SMILES string of the molecule is Cc1nc(-c2ccccc2C(=O)N(C(C)C)C(C)C)n(C)n1. The van der Waals surface area contributed by atoms with Crippen LogP contribution < -0.4 is 0 Å². The smallest absolute Gasteiger partial charge is 0.255 e. The minimum atomic E-state index is 0.0289. The Balaban J connectivity index is 2.53. The highest BCUT2D eigenvalue weighted by atomic mass is 16.2. The summed E-state index contributed by atoms with van der Waals surface area (Å²) in [6.45, 7) is 9.99. The molecule has 0 saturated carbocycles. The molecule has 1 aromatic heterocycles. The zero-order valence-electron chi connectivity index (χ0n) is 14.2. The van der Waals surface area contributed by atoms with E-state index < -0.39 is 0 Å². The first-order chi connectivity index (χ1) is 10.3. The third-order valence-corrected chi connectivity index (χ3v) is 3.61. The average molecular weight is 300 g/mol. The number of aryl methyl sites for hydroxylation is 2. The van der Waals surface area contributed by atoms with Crippen molar-refractivity contribution in [2.45, 2.75) is 46.7 Å². The molecule has 0 spiro atoms. The van der Waals surface area contributed by atoms with Gasteiger partial charge in [-0.15, -0.1) is 0 Å². The van der Waals surface area contributed by atoms with Crippen LogP contribution in [0, 0.1) is 6.92 Å². The highest BCUT2D eigenvalue weighted by molar-refractivity contribution is 6.00. The van der Waals surface area contributed by atoms with E-state index in [0.29, 0.717) is 17.2 Å². The van der Waals surface area contributed by atoms with Crippen LogP contribution in [0.3, 0.4) is 0 Å². The predicted octanol–water partition coefficient (Wildman–Crippen LogP) is 3.05. The minimum Gasteiger partial charge on any atom is -0.334 e. The van der Waals surface area contributed by atoms with Crippen molar-refractivity contribution < 1.29 is 4.79 Å². The van der Waals surface area contributed by atoms with Gasteiger partial charge in [-0.25, -0.2) is 9.67 Å². The van der Waals surface area contributed by atoms with Crippen LogP contribution in [-0.4, -0.2) is 37.7 Å². The van der Waals surface area contributed by atoms with Gasteiger partial charge in [-0.3, -0.25) is 4.79 Å². The fourth-order valence-electron chi connectivity index (χ4n) is 2.82. The van der Waals surface area contributed by atoms with Crippen molar-refractivity contribution in [3.8, 4) is 11.4 Å². The monoisotopic (exact) mass is 300 g/mol. The van der Waals surface area contributed by atoms with Crippen molar-refractivity contribution in [1.82, 2.24) is 19.7 Å². The fourth-order valence-corrected chi connectivity index (χ4v) is 2.82. The van der Waals surface area contributed by atoms with E-state index in [-0.39, 0.29) is 18.0 Å².